The molecule has 17 heavy (non-hydrogen) atoms. The monoisotopic (exact) mass is 262 g/mol. The van der Waals surface area contributed by atoms with Crippen LogP contribution in [0.1, 0.15) is 13.3 Å². The van der Waals surface area contributed by atoms with Crippen LogP contribution < -0.4 is 0 Å². The van der Waals surface area contributed by atoms with Gasteiger partial charge in [-0.3, -0.25) is 0 Å². The summed E-state index contributed by atoms with van der Waals surface area (Å²) in [5, 5.41) is 2.65. The Balaban J connectivity index is 2.09. The smallest absolute Gasteiger partial charge is 0.00784 e. The quantitative estimate of drug-likeness (QED) is 0.591. The Morgan fingerprint density at radius 3 is 2.59 bits per heavy atom. The van der Waals surface area contributed by atoms with Crippen molar-refractivity contribution >= 4 is 35.2 Å². The van der Waals surface area contributed by atoms with E-state index in [2.05, 4.69) is 62.0 Å². The van der Waals surface area contributed by atoms with Crippen LogP contribution in [0.4, 0.5) is 0 Å². The Morgan fingerprint density at radius 2 is 1.88 bits per heavy atom. The van der Waals surface area contributed by atoms with E-state index in [0.717, 1.165) is 11.7 Å². The molecule has 2 rings (SSSR count). The van der Waals surface area contributed by atoms with E-state index in [9.17, 15) is 0 Å². The highest BCUT2D eigenvalue weighted by molar-refractivity contribution is 7.99. The maximum Gasteiger partial charge on any atom is 0.00784 e. The van der Waals surface area contributed by atoms with Crippen molar-refractivity contribution in [2.45, 2.75) is 18.2 Å². The van der Waals surface area contributed by atoms with Gasteiger partial charge in [0.1, 0.15) is 0 Å². The zero-order valence-corrected chi connectivity index (χ0v) is 11.8. The molecule has 1 atom stereocenters. The van der Waals surface area contributed by atoms with Crippen LogP contribution in [0, 0.1) is 5.92 Å². The molecule has 2 heteroatoms. The molecule has 0 aliphatic carbocycles. The van der Waals surface area contributed by atoms with E-state index in [1.807, 2.05) is 11.8 Å². The molecule has 0 nitrogen and oxygen atoms in total. The van der Waals surface area contributed by atoms with Crippen molar-refractivity contribution in [2.24, 2.45) is 5.92 Å². The number of hydrogen-bond donors (Lipinski definition) is 1. The molecule has 90 valence electrons. The third-order valence-corrected chi connectivity index (χ3v) is 4.78. The molecule has 0 bridgehead atoms. The van der Waals surface area contributed by atoms with E-state index in [1.165, 1.54) is 27.8 Å². The van der Waals surface area contributed by atoms with Gasteiger partial charge in [-0.05, 0) is 34.6 Å². The minimum atomic E-state index is 0.717. The summed E-state index contributed by atoms with van der Waals surface area (Å²) in [7, 11) is 0. The molecular weight excluding hydrogens is 244 g/mol. The molecule has 0 saturated heterocycles. The van der Waals surface area contributed by atoms with Gasteiger partial charge in [-0.2, -0.15) is 12.6 Å². The van der Waals surface area contributed by atoms with E-state index < -0.39 is 0 Å². The summed E-state index contributed by atoms with van der Waals surface area (Å²) in [5.41, 5.74) is 0. The molecule has 0 aliphatic heterocycles. The van der Waals surface area contributed by atoms with Crippen LogP contribution in [-0.4, -0.2) is 11.5 Å². The largest absolute Gasteiger partial charge is 0.179 e. The number of hydrogen-bond acceptors (Lipinski definition) is 2. The molecule has 0 aliphatic rings. The molecule has 0 fully saturated rings. The fraction of sp³-hybridized carbons (Fsp3) is 0.333. The number of benzene rings is 2. The fourth-order valence-electron chi connectivity index (χ4n) is 1.77. The van der Waals surface area contributed by atoms with Crippen LogP contribution in [0.3, 0.4) is 0 Å². The van der Waals surface area contributed by atoms with Gasteiger partial charge in [0.2, 0.25) is 0 Å². The highest BCUT2D eigenvalue weighted by Crippen LogP contribution is 2.26. The van der Waals surface area contributed by atoms with Crippen LogP contribution in [0.5, 0.6) is 0 Å². The van der Waals surface area contributed by atoms with Gasteiger partial charge >= 0.3 is 0 Å². The molecule has 2 aromatic carbocycles. The lowest BCUT2D eigenvalue weighted by molar-refractivity contribution is 0.649. The summed E-state index contributed by atoms with van der Waals surface area (Å²) in [6, 6.07) is 15.2. The first-order chi connectivity index (χ1) is 8.33. The van der Waals surface area contributed by atoms with Crippen LogP contribution in [0.25, 0.3) is 10.8 Å². The summed E-state index contributed by atoms with van der Waals surface area (Å²) in [4.78, 5) is 1.36. The van der Waals surface area contributed by atoms with Gasteiger partial charge < -0.3 is 0 Å². The molecule has 0 N–H and O–H groups in total. The first-order valence-electron chi connectivity index (χ1n) is 6.06. The lowest BCUT2D eigenvalue weighted by atomic mass is 10.1. The van der Waals surface area contributed by atoms with Gasteiger partial charge in [-0.1, -0.05) is 43.7 Å². The molecule has 0 radical (unpaired) electrons. The fourth-order valence-corrected chi connectivity index (χ4v) is 3.49. The van der Waals surface area contributed by atoms with Crippen molar-refractivity contribution in [3.8, 4) is 0 Å². The Labute approximate surface area is 113 Å². The lowest BCUT2D eigenvalue weighted by Crippen LogP contribution is -2.03. The number of thioether (sulfide) groups is 1. The van der Waals surface area contributed by atoms with Crippen LogP contribution in [0.2, 0.25) is 0 Å². The minimum absolute atomic E-state index is 0.717. The van der Waals surface area contributed by atoms with Gasteiger partial charge in [0, 0.05) is 10.6 Å². The second-order valence-electron chi connectivity index (χ2n) is 4.28. The SMILES string of the molecule is CCC(CS)CSc1ccc2ccccc2c1. The summed E-state index contributed by atoms with van der Waals surface area (Å²) in [5.74, 6) is 2.87. The van der Waals surface area contributed by atoms with E-state index in [1.54, 1.807) is 0 Å². The Kier molecular flexibility index (Phi) is 4.81. The second kappa shape index (κ2) is 6.36. The Bertz CT molecular complexity index is 475. The molecule has 0 heterocycles. The van der Waals surface area contributed by atoms with E-state index >= 15 is 0 Å². The highest BCUT2D eigenvalue weighted by Gasteiger charge is 2.05. The maximum absolute atomic E-state index is 4.39. The number of fused-ring (bicyclic) bond motifs is 1. The zero-order chi connectivity index (χ0) is 12.1. The average Bonchev–Trinajstić information content (AvgIpc) is 2.40. The first kappa shape index (κ1) is 12.8. The van der Waals surface area contributed by atoms with Gasteiger partial charge in [0.25, 0.3) is 0 Å². The molecule has 2 aromatic rings. The van der Waals surface area contributed by atoms with Crippen LogP contribution in [0.15, 0.2) is 47.4 Å². The zero-order valence-electron chi connectivity index (χ0n) is 10.1. The van der Waals surface area contributed by atoms with Crippen molar-refractivity contribution in [3.05, 3.63) is 42.5 Å². The summed E-state index contributed by atoms with van der Waals surface area (Å²) in [6.45, 7) is 2.24. The molecule has 0 amide bonds. The van der Waals surface area contributed by atoms with E-state index in [-0.39, 0.29) is 0 Å². The first-order valence-corrected chi connectivity index (χ1v) is 7.67. The van der Waals surface area contributed by atoms with Crippen molar-refractivity contribution in [1.82, 2.24) is 0 Å². The predicted octanol–water partition coefficient (Wildman–Crippen LogP) is 4.89. The van der Waals surface area contributed by atoms with Crippen LogP contribution in [-0.2, 0) is 0 Å². The Hall–Kier alpha value is -0.600. The van der Waals surface area contributed by atoms with Gasteiger partial charge in [0.05, 0.1) is 0 Å². The number of thiol groups is 1. The topological polar surface area (TPSA) is 0 Å². The molecule has 0 spiro atoms. The third kappa shape index (κ3) is 3.43. The predicted molar refractivity (Wildman–Crippen MR) is 82.3 cm³/mol. The maximum atomic E-state index is 4.39. The summed E-state index contributed by atoms with van der Waals surface area (Å²) in [6.07, 6.45) is 1.21. The highest BCUT2D eigenvalue weighted by atomic mass is 32.2. The van der Waals surface area contributed by atoms with Gasteiger partial charge in [-0.15, -0.1) is 11.8 Å². The molecule has 0 saturated carbocycles. The van der Waals surface area contributed by atoms with E-state index in [4.69, 9.17) is 0 Å². The van der Waals surface area contributed by atoms with Gasteiger partial charge in [-0.25, -0.2) is 0 Å². The molecule has 1 unspecified atom stereocenters. The van der Waals surface area contributed by atoms with Crippen molar-refractivity contribution in [1.29, 1.82) is 0 Å². The number of rotatable bonds is 5. The second-order valence-corrected chi connectivity index (χ2v) is 5.74. The van der Waals surface area contributed by atoms with Gasteiger partial charge in [0.15, 0.2) is 0 Å². The molecular formula is C15H18S2. The summed E-state index contributed by atoms with van der Waals surface area (Å²) >= 11 is 6.33. The van der Waals surface area contributed by atoms with Crippen molar-refractivity contribution in [3.63, 3.8) is 0 Å². The van der Waals surface area contributed by atoms with Crippen LogP contribution >= 0.6 is 24.4 Å². The van der Waals surface area contributed by atoms with Crippen molar-refractivity contribution < 1.29 is 0 Å². The normalized spacial score (nSPS) is 12.8. The standard InChI is InChI=1S/C15H18S2/c1-2-12(10-16)11-17-15-8-7-13-5-3-4-6-14(13)9-15/h3-9,12,16H,2,10-11H2,1H3. The Morgan fingerprint density at radius 1 is 1.12 bits per heavy atom. The molecule has 0 aromatic heterocycles. The van der Waals surface area contributed by atoms with E-state index in [0.29, 0.717) is 0 Å². The average molecular weight is 262 g/mol. The van der Waals surface area contributed by atoms with Crippen molar-refractivity contribution in [2.75, 3.05) is 11.5 Å². The summed E-state index contributed by atoms with van der Waals surface area (Å²) < 4.78 is 0. The minimum Gasteiger partial charge on any atom is -0.179 e. The third-order valence-electron chi connectivity index (χ3n) is 3.04. The lowest BCUT2D eigenvalue weighted by Gasteiger charge is -2.11.